The number of fused-ring (bicyclic) bond motifs is 1. The lowest BCUT2D eigenvalue weighted by Crippen LogP contribution is -2.32. The molecule has 0 saturated heterocycles. The lowest BCUT2D eigenvalue weighted by molar-refractivity contribution is 0.568. The first-order valence-electron chi connectivity index (χ1n) is 7.93. The highest BCUT2D eigenvalue weighted by molar-refractivity contribution is 7.89. The second kappa shape index (κ2) is 5.83. The Morgan fingerprint density at radius 3 is 2.68 bits per heavy atom. The molecule has 1 saturated carbocycles. The molecular weight excluding hydrogens is 363 g/mol. The molecule has 0 aliphatic heterocycles. The van der Waals surface area contributed by atoms with Gasteiger partial charge in [-0.1, -0.05) is 23.7 Å². The van der Waals surface area contributed by atoms with Gasteiger partial charge < -0.3 is 4.98 Å². The number of H-pyrrole nitrogens is 1. The van der Waals surface area contributed by atoms with Crippen LogP contribution in [-0.4, -0.2) is 19.9 Å². The largest absolute Gasteiger partial charge is 0.361 e. The SMILES string of the molecule is O=S(=O)(NCC1(c2c[nH]c3cc(F)ccc23)CC1)c1ccccc1Cl. The van der Waals surface area contributed by atoms with Gasteiger partial charge in [-0.2, -0.15) is 0 Å². The van der Waals surface area contributed by atoms with E-state index in [4.69, 9.17) is 11.6 Å². The van der Waals surface area contributed by atoms with Gasteiger partial charge in [-0.3, -0.25) is 0 Å². The predicted octanol–water partition coefficient (Wildman–Crippen LogP) is 3.97. The van der Waals surface area contributed by atoms with Crippen molar-refractivity contribution < 1.29 is 12.8 Å². The summed E-state index contributed by atoms with van der Waals surface area (Å²) in [7, 11) is -3.69. The van der Waals surface area contributed by atoms with E-state index in [1.165, 1.54) is 18.2 Å². The molecule has 1 heterocycles. The molecule has 0 atom stereocenters. The summed E-state index contributed by atoms with van der Waals surface area (Å²) >= 11 is 6.01. The molecule has 1 aliphatic rings. The number of hydrogen-bond acceptors (Lipinski definition) is 2. The van der Waals surface area contributed by atoms with Crippen LogP contribution in [0.15, 0.2) is 53.6 Å². The highest BCUT2D eigenvalue weighted by Crippen LogP contribution is 2.50. The van der Waals surface area contributed by atoms with Crippen molar-refractivity contribution in [3.05, 3.63) is 65.1 Å². The van der Waals surface area contributed by atoms with Crippen LogP contribution in [0.25, 0.3) is 10.9 Å². The first-order chi connectivity index (χ1) is 11.9. The number of aromatic nitrogens is 1. The van der Waals surface area contributed by atoms with Crippen molar-refractivity contribution in [2.24, 2.45) is 0 Å². The molecule has 2 aromatic carbocycles. The summed E-state index contributed by atoms with van der Waals surface area (Å²) < 4.78 is 41.2. The summed E-state index contributed by atoms with van der Waals surface area (Å²) in [6, 6.07) is 11.0. The van der Waals surface area contributed by atoms with Gasteiger partial charge in [0.15, 0.2) is 0 Å². The van der Waals surface area contributed by atoms with Gasteiger partial charge in [0.05, 0.1) is 5.02 Å². The van der Waals surface area contributed by atoms with Crippen molar-refractivity contribution in [1.82, 2.24) is 9.71 Å². The van der Waals surface area contributed by atoms with Crippen molar-refractivity contribution in [2.45, 2.75) is 23.2 Å². The van der Waals surface area contributed by atoms with E-state index in [1.807, 2.05) is 6.20 Å². The second-order valence-corrected chi connectivity index (χ2v) is 8.57. The molecule has 0 spiro atoms. The minimum absolute atomic E-state index is 0.0773. The van der Waals surface area contributed by atoms with Gasteiger partial charge in [-0.15, -0.1) is 0 Å². The van der Waals surface area contributed by atoms with E-state index in [2.05, 4.69) is 9.71 Å². The first kappa shape index (κ1) is 16.6. The zero-order chi connectivity index (χ0) is 17.7. The van der Waals surface area contributed by atoms with Crippen LogP contribution >= 0.6 is 11.6 Å². The van der Waals surface area contributed by atoms with Crippen molar-refractivity contribution >= 4 is 32.5 Å². The van der Waals surface area contributed by atoms with Crippen molar-refractivity contribution in [3.63, 3.8) is 0 Å². The van der Waals surface area contributed by atoms with Crippen molar-refractivity contribution in [1.29, 1.82) is 0 Å². The molecular formula is C18H16ClFN2O2S. The fraction of sp³-hybridized carbons (Fsp3) is 0.222. The maximum atomic E-state index is 13.4. The van der Waals surface area contributed by atoms with Crippen LogP contribution in [-0.2, 0) is 15.4 Å². The topological polar surface area (TPSA) is 62.0 Å². The van der Waals surface area contributed by atoms with Crippen LogP contribution in [0.2, 0.25) is 5.02 Å². The standard InChI is InChI=1S/C18H16ClFN2O2S/c19-15-3-1-2-4-17(15)25(23,24)22-11-18(7-8-18)14-10-21-16-9-12(20)5-6-13(14)16/h1-6,9-10,21-22H,7-8,11H2. The van der Waals surface area contributed by atoms with Gasteiger partial charge in [0.25, 0.3) is 0 Å². The molecule has 1 aliphatic carbocycles. The van der Waals surface area contributed by atoms with Crippen LogP contribution in [0.4, 0.5) is 4.39 Å². The second-order valence-electron chi connectivity index (χ2n) is 6.43. The van der Waals surface area contributed by atoms with Crippen LogP contribution in [0.1, 0.15) is 18.4 Å². The summed E-state index contributed by atoms with van der Waals surface area (Å²) in [5.41, 5.74) is 1.48. The molecule has 1 fully saturated rings. The number of rotatable bonds is 5. The van der Waals surface area contributed by atoms with Crippen LogP contribution in [0.5, 0.6) is 0 Å². The zero-order valence-corrected chi connectivity index (χ0v) is 14.8. The summed E-state index contributed by atoms with van der Waals surface area (Å²) in [6.07, 6.45) is 3.60. The Morgan fingerprint density at radius 2 is 1.96 bits per heavy atom. The maximum absolute atomic E-state index is 13.4. The van der Waals surface area contributed by atoms with Crippen molar-refractivity contribution in [2.75, 3.05) is 6.54 Å². The van der Waals surface area contributed by atoms with E-state index in [-0.39, 0.29) is 27.7 Å². The number of aromatic amines is 1. The number of sulfonamides is 1. The van der Waals surface area contributed by atoms with Crippen LogP contribution < -0.4 is 4.72 Å². The average molecular weight is 379 g/mol. The number of nitrogens with one attached hydrogen (secondary N) is 2. The summed E-state index contributed by atoms with van der Waals surface area (Å²) in [5, 5.41) is 1.12. The number of hydrogen-bond donors (Lipinski definition) is 2. The van der Waals surface area contributed by atoms with Crippen molar-refractivity contribution in [3.8, 4) is 0 Å². The van der Waals surface area contributed by atoms with Gasteiger partial charge in [0, 0.05) is 29.1 Å². The molecule has 0 bridgehead atoms. The van der Waals surface area contributed by atoms with Gasteiger partial charge in [-0.05, 0) is 48.7 Å². The predicted molar refractivity (Wildman–Crippen MR) is 95.8 cm³/mol. The maximum Gasteiger partial charge on any atom is 0.242 e. The third kappa shape index (κ3) is 2.94. The Morgan fingerprint density at radius 1 is 1.20 bits per heavy atom. The highest BCUT2D eigenvalue weighted by atomic mass is 35.5. The van der Waals surface area contributed by atoms with Gasteiger partial charge in [0.1, 0.15) is 10.7 Å². The molecule has 4 rings (SSSR count). The first-order valence-corrected chi connectivity index (χ1v) is 9.79. The average Bonchev–Trinajstić information content (AvgIpc) is 3.25. The van der Waals surface area contributed by atoms with E-state index in [1.54, 1.807) is 24.3 Å². The fourth-order valence-electron chi connectivity index (χ4n) is 3.20. The molecule has 25 heavy (non-hydrogen) atoms. The molecule has 3 aromatic rings. The van der Waals surface area contributed by atoms with E-state index in [0.29, 0.717) is 0 Å². The van der Waals surface area contributed by atoms with E-state index in [9.17, 15) is 12.8 Å². The smallest absolute Gasteiger partial charge is 0.242 e. The van der Waals surface area contributed by atoms with E-state index >= 15 is 0 Å². The van der Waals surface area contributed by atoms with Gasteiger partial charge in [-0.25, -0.2) is 17.5 Å². The summed E-state index contributed by atoms with van der Waals surface area (Å²) in [4.78, 5) is 3.15. The normalized spacial score (nSPS) is 16.2. The molecule has 1 aromatic heterocycles. The minimum atomic E-state index is -3.69. The lowest BCUT2D eigenvalue weighted by Gasteiger charge is -2.16. The van der Waals surface area contributed by atoms with E-state index in [0.717, 1.165) is 29.3 Å². The molecule has 7 heteroatoms. The lowest BCUT2D eigenvalue weighted by atomic mass is 9.96. The van der Waals surface area contributed by atoms with Gasteiger partial charge in [0.2, 0.25) is 10.0 Å². The quantitative estimate of drug-likeness (QED) is 0.705. The fourth-order valence-corrected chi connectivity index (χ4v) is 4.85. The molecule has 2 N–H and O–H groups in total. The Labute approximate surface area is 150 Å². The molecule has 130 valence electrons. The zero-order valence-electron chi connectivity index (χ0n) is 13.2. The monoisotopic (exact) mass is 378 g/mol. The summed E-state index contributed by atoms with van der Waals surface area (Å²) in [6.45, 7) is 0.283. The van der Waals surface area contributed by atoms with Crippen LogP contribution in [0, 0.1) is 5.82 Å². The molecule has 0 amide bonds. The molecule has 4 nitrogen and oxygen atoms in total. The molecule has 0 radical (unpaired) electrons. The van der Waals surface area contributed by atoms with Crippen LogP contribution in [0.3, 0.4) is 0 Å². The number of benzene rings is 2. The third-order valence-electron chi connectivity index (χ3n) is 4.80. The summed E-state index contributed by atoms with van der Waals surface area (Å²) in [5.74, 6) is -0.301. The Kier molecular flexibility index (Phi) is 3.86. The Balaban J connectivity index is 1.61. The Bertz CT molecular complexity index is 1060. The Hall–Kier alpha value is -1.89. The molecule has 0 unspecified atom stereocenters. The number of halogens is 2. The third-order valence-corrected chi connectivity index (χ3v) is 6.70. The highest BCUT2D eigenvalue weighted by Gasteiger charge is 2.46. The van der Waals surface area contributed by atoms with E-state index < -0.39 is 10.0 Å². The van der Waals surface area contributed by atoms with Gasteiger partial charge >= 0.3 is 0 Å². The minimum Gasteiger partial charge on any atom is -0.361 e.